The van der Waals surface area contributed by atoms with E-state index in [2.05, 4.69) is 12.2 Å². The number of nitrogens with one attached hydrogen (secondary N) is 1. The molecule has 0 saturated carbocycles. The summed E-state index contributed by atoms with van der Waals surface area (Å²) in [4.78, 5) is 25.7. The normalized spacial score (nSPS) is 25.7. The fraction of sp³-hybridized carbons (Fsp3) is 0.867. The van der Waals surface area contributed by atoms with Crippen molar-refractivity contribution in [2.24, 2.45) is 11.3 Å². The van der Waals surface area contributed by atoms with Crippen LogP contribution in [0.25, 0.3) is 0 Å². The second-order valence-electron chi connectivity index (χ2n) is 7.01. The summed E-state index contributed by atoms with van der Waals surface area (Å²) in [6, 6.07) is 0. The molecular weight excluding hydrogens is 256 g/mol. The Morgan fingerprint density at radius 1 is 1.40 bits per heavy atom. The van der Waals surface area contributed by atoms with E-state index >= 15 is 0 Å². The fourth-order valence-electron chi connectivity index (χ4n) is 3.39. The van der Waals surface area contributed by atoms with E-state index in [1.54, 1.807) is 4.90 Å². The Morgan fingerprint density at radius 2 is 2.00 bits per heavy atom. The number of nitrogens with zero attached hydrogens (tertiary/aromatic N) is 1. The van der Waals surface area contributed by atoms with Gasteiger partial charge in [-0.1, -0.05) is 6.92 Å². The second-order valence-corrected chi connectivity index (χ2v) is 7.01. The number of carbonyl (C=O) groups is 2. The number of amides is 2. The van der Waals surface area contributed by atoms with Gasteiger partial charge in [0, 0.05) is 31.0 Å². The molecule has 0 radical (unpaired) electrons. The SMILES string of the molecule is CC[C@@H]1C(=O)NCC12CCN(C(=O)OC(C)(C)C)CC2. The van der Waals surface area contributed by atoms with Crippen LogP contribution in [0.4, 0.5) is 4.79 Å². The van der Waals surface area contributed by atoms with Crippen molar-refractivity contribution in [1.82, 2.24) is 10.2 Å². The highest BCUT2D eigenvalue weighted by Crippen LogP contribution is 2.43. The van der Waals surface area contributed by atoms with Gasteiger partial charge in [-0.25, -0.2) is 4.79 Å². The topological polar surface area (TPSA) is 58.6 Å². The number of carbonyl (C=O) groups excluding carboxylic acids is 2. The van der Waals surface area contributed by atoms with Gasteiger partial charge in [0.15, 0.2) is 0 Å². The average molecular weight is 282 g/mol. The number of hydrogen-bond acceptors (Lipinski definition) is 3. The minimum Gasteiger partial charge on any atom is -0.444 e. The zero-order chi connectivity index (χ0) is 15.0. The average Bonchev–Trinajstić information content (AvgIpc) is 2.65. The van der Waals surface area contributed by atoms with Crippen molar-refractivity contribution in [2.45, 2.75) is 52.6 Å². The van der Waals surface area contributed by atoms with E-state index in [1.165, 1.54) is 0 Å². The fourth-order valence-corrected chi connectivity index (χ4v) is 3.39. The van der Waals surface area contributed by atoms with Crippen molar-refractivity contribution < 1.29 is 14.3 Å². The molecule has 2 aliphatic heterocycles. The van der Waals surface area contributed by atoms with Crippen LogP contribution < -0.4 is 5.32 Å². The quantitative estimate of drug-likeness (QED) is 0.802. The Balaban J connectivity index is 1.96. The maximum atomic E-state index is 12.1. The molecular formula is C15H26N2O3. The summed E-state index contributed by atoms with van der Waals surface area (Å²) in [6.45, 7) is 9.82. The van der Waals surface area contributed by atoms with Crippen molar-refractivity contribution in [3.05, 3.63) is 0 Å². The van der Waals surface area contributed by atoms with Crippen molar-refractivity contribution in [3.63, 3.8) is 0 Å². The molecule has 2 amide bonds. The van der Waals surface area contributed by atoms with Crippen molar-refractivity contribution >= 4 is 12.0 Å². The highest BCUT2D eigenvalue weighted by molar-refractivity contribution is 5.82. The Bertz CT molecular complexity index is 392. The van der Waals surface area contributed by atoms with Crippen LogP contribution in [-0.2, 0) is 9.53 Å². The molecule has 5 heteroatoms. The smallest absolute Gasteiger partial charge is 0.410 e. The van der Waals surface area contributed by atoms with Crippen LogP contribution in [0.3, 0.4) is 0 Å². The highest BCUT2D eigenvalue weighted by atomic mass is 16.6. The molecule has 2 fully saturated rings. The highest BCUT2D eigenvalue weighted by Gasteiger charge is 2.49. The molecule has 2 saturated heterocycles. The second kappa shape index (κ2) is 5.26. The maximum Gasteiger partial charge on any atom is 0.410 e. The zero-order valence-electron chi connectivity index (χ0n) is 13.0. The summed E-state index contributed by atoms with van der Waals surface area (Å²) in [7, 11) is 0. The lowest BCUT2D eigenvalue weighted by Gasteiger charge is -2.41. The van der Waals surface area contributed by atoms with Gasteiger partial charge in [0.2, 0.25) is 5.91 Å². The lowest BCUT2D eigenvalue weighted by atomic mass is 9.70. The molecule has 5 nitrogen and oxygen atoms in total. The molecule has 0 aromatic carbocycles. The molecule has 1 N–H and O–H groups in total. The predicted octanol–water partition coefficient (Wildman–Crippen LogP) is 2.16. The first-order valence-corrected chi connectivity index (χ1v) is 7.53. The lowest BCUT2D eigenvalue weighted by Crippen LogP contribution is -2.47. The number of hydrogen-bond donors (Lipinski definition) is 1. The van der Waals surface area contributed by atoms with Gasteiger partial charge in [-0.2, -0.15) is 0 Å². The largest absolute Gasteiger partial charge is 0.444 e. The summed E-state index contributed by atoms with van der Waals surface area (Å²) in [5.74, 6) is 0.279. The van der Waals surface area contributed by atoms with Gasteiger partial charge < -0.3 is 15.0 Å². The third kappa shape index (κ3) is 2.91. The van der Waals surface area contributed by atoms with Crippen LogP contribution in [0.15, 0.2) is 0 Å². The minimum absolute atomic E-state index is 0.0460. The van der Waals surface area contributed by atoms with Gasteiger partial charge in [0.25, 0.3) is 0 Å². The van der Waals surface area contributed by atoms with Gasteiger partial charge in [0.05, 0.1) is 0 Å². The minimum atomic E-state index is -0.455. The van der Waals surface area contributed by atoms with E-state index in [9.17, 15) is 9.59 Å². The van der Waals surface area contributed by atoms with Crippen LogP contribution in [-0.4, -0.2) is 42.1 Å². The molecule has 2 aliphatic rings. The van der Waals surface area contributed by atoms with E-state index in [-0.39, 0.29) is 23.3 Å². The van der Waals surface area contributed by atoms with E-state index in [4.69, 9.17) is 4.74 Å². The summed E-state index contributed by atoms with van der Waals surface area (Å²) >= 11 is 0. The molecule has 0 unspecified atom stereocenters. The Kier molecular flexibility index (Phi) is 3.98. The maximum absolute atomic E-state index is 12.1. The van der Waals surface area contributed by atoms with E-state index < -0.39 is 5.60 Å². The third-order valence-corrected chi connectivity index (χ3v) is 4.49. The standard InChI is InChI=1S/C15H26N2O3/c1-5-11-12(18)16-10-15(11)6-8-17(9-7-15)13(19)20-14(2,3)4/h11H,5-10H2,1-4H3,(H,16,18)/t11-/m1/s1. The zero-order valence-corrected chi connectivity index (χ0v) is 13.0. The number of ether oxygens (including phenoxy) is 1. The Hall–Kier alpha value is -1.26. The summed E-state index contributed by atoms with van der Waals surface area (Å²) in [6.07, 6.45) is 2.39. The Morgan fingerprint density at radius 3 is 2.50 bits per heavy atom. The van der Waals surface area contributed by atoms with Gasteiger partial charge in [-0.3, -0.25) is 4.79 Å². The number of piperidine rings is 1. The van der Waals surface area contributed by atoms with Crippen LogP contribution in [0, 0.1) is 11.3 Å². The van der Waals surface area contributed by atoms with Crippen molar-refractivity contribution in [3.8, 4) is 0 Å². The summed E-state index contributed by atoms with van der Waals surface area (Å²) < 4.78 is 5.41. The summed E-state index contributed by atoms with van der Waals surface area (Å²) in [5, 5.41) is 2.99. The molecule has 0 aliphatic carbocycles. The van der Waals surface area contributed by atoms with Gasteiger partial charge in [0.1, 0.15) is 5.60 Å². The van der Waals surface area contributed by atoms with Crippen LogP contribution in [0.2, 0.25) is 0 Å². The van der Waals surface area contributed by atoms with Crippen LogP contribution >= 0.6 is 0 Å². The molecule has 0 aromatic rings. The first-order chi connectivity index (χ1) is 9.27. The molecule has 1 atom stereocenters. The molecule has 114 valence electrons. The first kappa shape index (κ1) is 15.1. The molecule has 0 aromatic heterocycles. The molecule has 20 heavy (non-hydrogen) atoms. The van der Waals surface area contributed by atoms with Crippen molar-refractivity contribution in [2.75, 3.05) is 19.6 Å². The number of likely N-dealkylation sites (tertiary alicyclic amines) is 1. The van der Waals surface area contributed by atoms with E-state index in [1.807, 2.05) is 20.8 Å². The molecule has 0 bridgehead atoms. The predicted molar refractivity (Wildman–Crippen MR) is 76.3 cm³/mol. The van der Waals surface area contributed by atoms with Gasteiger partial charge >= 0.3 is 6.09 Å². The molecule has 1 spiro atoms. The van der Waals surface area contributed by atoms with E-state index in [0.717, 1.165) is 25.8 Å². The van der Waals surface area contributed by atoms with Crippen LogP contribution in [0.5, 0.6) is 0 Å². The van der Waals surface area contributed by atoms with Gasteiger partial charge in [-0.05, 0) is 40.0 Å². The molecule has 2 heterocycles. The summed E-state index contributed by atoms with van der Waals surface area (Å²) in [5.41, 5.74) is -0.409. The van der Waals surface area contributed by atoms with Crippen molar-refractivity contribution in [1.29, 1.82) is 0 Å². The number of rotatable bonds is 1. The van der Waals surface area contributed by atoms with Gasteiger partial charge in [-0.15, -0.1) is 0 Å². The van der Waals surface area contributed by atoms with E-state index in [0.29, 0.717) is 13.1 Å². The Labute approximate surface area is 121 Å². The van der Waals surface area contributed by atoms with Crippen LogP contribution in [0.1, 0.15) is 47.0 Å². The third-order valence-electron chi connectivity index (χ3n) is 4.49. The lowest BCUT2D eigenvalue weighted by molar-refractivity contribution is -0.124. The monoisotopic (exact) mass is 282 g/mol. The first-order valence-electron chi connectivity index (χ1n) is 7.53. The molecule has 2 rings (SSSR count).